The topological polar surface area (TPSA) is 64.3 Å². The fourth-order valence-corrected chi connectivity index (χ4v) is 3.45. The monoisotopic (exact) mass is 302 g/mol. The molecular weight excluding hydrogens is 276 g/mol. The molecule has 1 unspecified atom stereocenters. The Morgan fingerprint density at radius 1 is 1.18 bits per heavy atom. The van der Waals surface area contributed by atoms with Gasteiger partial charge < -0.3 is 15.8 Å². The van der Waals surface area contributed by atoms with E-state index < -0.39 is 5.60 Å². The Hall–Kier alpha value is -1.55. The van der Waals surface area contributed by atoms with Crippen molar-refractivity contribution in [3.05, 3.63) is 35.9 Å². The van der Waals surface area contributed by atoms with Gasteiger partial charge in [0.05, 0.1) is 6.04 Å². The SMILES string of the molecule is CC(C)(C)OC(=O)NC(c1ccccc1)C1(C2(N)CC2)CC1. The van der Waals surface area contributed by atoms with Crippen LogP contribution in [0.1, 0.15) is 58.1 Å². The lowest BCUT2D eigenvalue weighted by molar-refractivity contribution is 0.0468. The van der Waals surface area contributed by atoms with Crippen molar-refractivity contribution in [2.45, 2.75) is 63.6 Å². The summed E-state index contributed by atoms with van der Waals surface area (Å²) in [4.78, 5) is 12.3. The molecule has 22 heavy (non-hydrogen) atoms. The third-order valence-corrected chi connectivity index (χ3v) is 4.92. The predicted octanol–water partition coefficient (Wildman–Crippen LogP) is 3.52. The molecule has 0 spiro atoms. The summed E-state index contributed by atoms with van der Waals surface area (Å²) in [7, 11) is 0. The molecule has 1 atom stereocenters. The number of rotatable bonds is 4. The van der Waals surface area contributed by atoms with Gasteiger partial charge in [0, 0.05) is 11.0 Å². The Bertz CT molecular complexity index is 554. The number of nitrogens with two attached hydrogens (primary N) is 1. The van der Waals surface area contributed by atoms with Crippen molar-refractivity contribution < 1.29 is 9.53 Å². The fraction of sp³-hybridized carbons (Fsp3) is 0.611. The Kier molecular flexibility index (Phi) is 3.48. The Labute approximate surface area is 132 Å². The van der Waals surface area contributed by atoms with Crippen LogP contribution >= 0.6 is 0 Å². The second kappa shape index (κ2) is 4.98. The molecule has 3 rings (SSSR count). The van der Waals surface area contributed by atoms with Crippen LogP contribution in [0.4, 0.5) is 4.79 Å². The van der Waals surface area contributed by atoms with Gasteiger partial charge in [-0.2, -0.15) is 0 Å². The van der Waals surface area contributed by atoms with E-state index in [1.807, 2.05) is 39.0 Å². The molecule has 0 aliphatic heterocycles. The number of hydrogen-bond donors (Lipinski definition) is 2. The van der Waals surface area contributed by atoms with E-state index in [1.54, 1.807) is 0 Å². The molecule has 0 heterocycles. The number of benzene rings is 1. The summed E-state index contributed by atoms with van der Waals surface area (Å²) < 4.78 is 5.45. The van der Waals surface area contributed by atoms with Crippen molar-refractivity contribution >= 4 is 6.09 Å². The van der Waals surface area contributed by atoms with Crippen molar-refractivity contribution in [2.75, 3.05) is 0 Å². The summed E-state index contributed by atoms with van der Waals surface area (Å²) >= 11 is 0. The molecule has 0 saturated heterocycles. The highest BCUT2D eigenvalue weighted by Gasteiger charge is 2.67. The van der Waals surface area contributed by atoms with Gasteiger partial charge in [-0.1, -0.05) is 30.3 Å². The highest BCUT2D eigenvalue weighted by atomic mass is 16.6. The summed E-state index contributed by atoms with van der Waals surface area (Å²) in [5, 5.41) is 3.10. The third-order valence-electron chi connectivity index (χ3n) is 4.92. The van der Waals surface area contributed by atoms with Crippen LogP contribution in [0.5, 0.6) is 0 Å². The molecule has 2 fully saturated rings. The van der Waals surface area contributed by atoms with Crippen molar-refractivity contribution in [2.24, 2.45) is 11.1 Å². The molecule has 2 saturated carbocycles. The maximum absolute atomic E-state index is 12.3. The van der Waals surface area contributed by atoms with E-state index >= 15 is 0 Å². The molecule has 3 N–H and O–H groups in total. The molecule has 4 heteroatoms. The summed E-state index contributed by atoms with van der Waals surface area (Å²) in [5.74, 6) is 0. The van der Waals surface area contributed by atoms with E-state index in [1.165, 1.54) is 0 Å². The molecule has 1 aromatic carbocycles. The maximum Gasteiger partial charge on any atom is 0.408 e. The summed E-state index contributed by atoms with van der Waals surface area (Å²) in [6.07, 6.45) is 3.87. The summed E-state index contributed by atoms with van der Waals surface area (Å²) in [6, 6.07) is 10.1. The number of hydrogen-bond acceptors (Lipinski definition) is 3. The average molecular weight is 302 g/mol. The second-order valence-corrected chi connectivity index (χ2v) is 7.80. The smallest absolute Gasteiger partial charge is 0.408 e. The standard InChI is InChI=1S/C18H26N2O2/c1-16(2,3)22-15(21)20-14(13-7-5-4-6-8-13)17(9-10-17)18(19)11-12-18/h4-8,14H,9-12,19H2,1-3H3,(H,20,21). The van der Waals surface area contributed by atoms with Gasteiger partial charge in [0.2, 0.25) is 0 Å². The minimum absolute atomic E-state index is 0.00867. The Morgan fingerprint density at radius 2 is 1.77 bits per heavy atom. The van der Waals surface area contributed by atoms with Gasteiger partial charge in [-0.3, -0.25) is 0 Å². The first kappa shape index (κ1) is 15.3. The third kappa shape index (κ3) is 2.84. The molecule has 0 bridgehead atoms. The number of ether oxygens (including phenoxy) is 1. The highest BCUT2D eigenvalue weighted by Crippen LogP contribution is 2.68. The molecule has 1 amide bonds. The van der Waals surface area contributed by atoms with E-state index in [0.717, 1.165) is 31.2 Å². The molecule has 2 aliphatic carbocycles. The first-order chi connectivity index (χ1) is 10.3. The number of carbonyl (C=O) groups excluding carboxylic acids is 1. The lowest BCUT2D eigenvalue weighted by atomic mass is 9.82. The van der Waals surface area contributed by atoms with Gasteiger partial charge in [0.1, 0.15) is 5.60 Å². The van der Waals surface area contributed by atoms with Crippen LogP contribution in [0.3, 0.4) is 0 Å². The van der Waals surface area contributed by atoms with Crippen molar-refractivity contribution in [3.8, 4) is 0 Å². The van der Waals surface area contributed by atoms with Gasteiger partial charge in [0.15, 0.2) is 0 Å². The first-order valence-corrected chi connectivity index (χ1v) is 8.09. The predicted molar refractivity (Wildman–Crippen MR) is 86.4 cm³/mol. The van der Waals surface area contributed by atoms with Crippen LogP contribution in [-0.2, 0) is 4.74 Å². The van der Waals surface area contributed by atoms with Gasteiger partial charge in [-0.05, 0) is 52.0 Å². The largest absolute Gasteiger partial charge is 0.444 e. The lowest BCUT2D eigenvalue weighted by Gasteiger charge is -2.34. The minimum atomic E-state index is -0.498. The van der Waals surface area contributed by atoms with E-state index in [2.05, 4.69) is 17.4 Å². The zero-order chi connectivity index (χ0) is 16.0. The maximum atomic E-state index is 12.3. The van der Waals surface area contributed by atoms with E-state index in [-0.39, 0.29) is 23.1 Å². The molecule has 0 radical (unpaired) electrons. The summed E-state index contributed by atoms with van der Waals surface area (Å²) in [5.41, 5.74) is 7.02. The van der Waals surface area contributed by atoms with Gasteiger partial charge in [-0.15, -0.1) is 0 Å². The number of nitrogens with one attached hydrogen (secondary N) is 1. The number of carbonyl (C=O) groups is 1. The van der Waals surface area contributed by atoms with Crippen LogP contribution < -0.4 is 11.1 Å². The average Bonchev–Trinajstić information content (AvgIpc) is 3.31. The normalized spacial score (nSPS) is 22.5. The van der Waals surface area contributed by atoms with Gasteiger partial charge in [-0.25, -0.2) is 4.79 Å². The van der Waals surface area contributed by atoms with Gasteiger partial charge in [0.25, 0.3) is 0 Å². The van der Waals surface area contributed by atoms with E-state index in [4.69, 9.17) is 10.5 Å². The minimum Gasteiger partial charge on any atom is -0.444 e. The van der Waals surface area contributed by atoms with Crippen LogP contribution in [0.25, 0.3) is 0 Å². The van der Waals surface area contributed by atoms with Crippen LogP contribution in [0.15, 0.2) is 30.3 Å². The highest BCUT2D eigenvalue weighted by molar-refractivity contribution is 5.69. The zero-order valence-corrected chi connectivity index (χ0v) is 13.7. The van der Waals surface area contributed by atoms with Crippen molar-refractivity contribution in [1.82, 2.24) is 5.32 Å². The van der Waals surface area contributed by atoms with Gasteiger partial charge >= 0.3 is 6.09 Å². The number of alkyl carbamates (subject to hydrolysis) is 1. The Morgan fingerprint density at radius 3 is 2.23 bits per heavy atom. The number of amides is 1. The molecule has 120 valence electrons. The molecule has 2 aliphatic rings. The van der Waals surface area contributed by atoms with E-state index in [9.17, 15) is 4.79 Å². The first-order valence-electron chi connectivity index (χ1n) is 8.09. The zero-order valence-electron chi connectivity index (χ0n) is 13.7. The van der Waals surface area contributed by atoms with Crippen LogP contribution in [-0.4, -0.2) is 17.2 Å². The van der Waals surface area contributed by atoms with Crippen LogP contribution in [0, 0.1) is 5.41 Å². The van der Waals surface area contributed by atoms with Crippen LogP contribution in [0.2, 0.25) is 0 Å². The summed E-state index contributed by atoms with van der Waals surface area (Å²) in [6.45, 7) is 5.63. The molecule has 0 aromatic heterocycles. The second-order valence-electron chi connectivity index (χ2n) is 7.80. The fourth-order valence-electron chi connectivity index (χ4n) is 3.45. The Balaban J connectivity index is 1.84. The molecular formula is C18H26N2O2. The van der Waals surface area contributed by atoms with Crippen molar-refractivity contribution in [3.63, 3.8) is 0 Å². The van der Waals surface area contributed by atoms with E-state index in [0.29, 0.717) is 0 Å². The van der Waals surface area contributed by atoms with Crippen molar-refractivity contribution in [1.29, 1.82) is 0 Å². The molecule has 1 aromatic rings. The lowest BCUT2D eigenvalue weighted by Crippen LogP contribution is -2.46. The quantitative estimate of drug-likeness (QED) is 0.894. The molecule has 4 nitrogen and oxygen atoms in total.